The molecule has 134 valence electrons. The van der Waals surface area contributed by atoms with E-state index in [1.54, 1.807) is 28.7 Å². The Balaban J connectivity index is 1.56. The van der Waals surface area contributed by atoms with Crippen molar-refractivity contribution in [2.75, 3.05) is 31.1 Å². The average molecular weight is 367 g/mol. The lowest BCUT2D eigenvalue weighted by molar-refractivity contribution is 0.385. The minimum absolute atomic E-state index is 0.373. The van der Waals surface area contributed by atoms with Gasteiger partial charge in [0.05, 0.1) is 16.1 Å². The molecule has 0 aliphatic carbocycles. The lowest BCUT2D eigenvalue weighted by Crippen LogP contribution is -2.48. The molecule has 0 radical (unpaired) electrons. The molecular formula is C20H21N3O2S. The third-order valence-corrected chi connectivity index (χ3v) is 6.71. The minimum Gasteiger partial charge on any atom is -0.367 e. The predicted octanol–water partition coefficient (Wildman–Crippen LogP) is 3.05. The number of hydrogen-bond donors (Lipinski definition) is 0. The van der Waals surface area contributed by atoms with E-state index in [0.29, 0.717) is 31.1 Å². The Morgan fingerprint density at radius 1 is 0.923 bits per heavy atom. The van der Waals surface area contributed by atoms with Crippen LogP contribution in [0.25, 0.3) is 10.9 Å². The summed E-state index contributed by atoms with van der Waals surface area (Å²) in [6.45, 7) is 4.16. The second-order valence-electron chi connectivity index (χ2n) is 6.56. The van der Waals surface area contributed by atoms with Crippen LogP contribution in [0.2, 0.25) is 0 Å². The first-order valence-corrected chi connectivity index (χ1v) is 10.2. The summed E-state index contributed by atoms with van der Waals surface area (Å²) < 4.78 is 27.4. The molecule has 4 rings (SSSR count). The zero-order valence-corrected chi connectivity index (χ0v) is 15.5. The van der Waals surface area contributed by atoms with Gasteiger partial charge in [0.25, 0.3) is 0 Å². The molecule has 0 N–H and O–H groups in total. The van der Waals surface area contributed by atoms with E-state index in [1.807, 2.05) is 37.3 Å². The number of benzene rings is 2. The summed E-state index contributed by atoms with van der Waals surface area (Å²) in [5.74, 6) is 0. The Morgan fingerprint density at radius 2 is 1.65 bits per heavy atom. The van der Waals surface area contributed by atoms with Crippen molar-refractivity contribution in [1.82, 2.24) is 9.29 Å². The summed E-state index contributed by atoms with van der Waals surface area (Å²) >= 11 is 0. The van der Waals surface area contributed by atoms with Crippen molar-refractivity contribution in [3.63, 3.8) is 0 Å². The molecule has 26 heavy (non-hydrogen) atoms. The van der Waals surface area contributed by atoms with Gasteiger partial charge in [0.15, 0.2) is 0 Å². The van der Waals surface area contributed by atoms with Crippen molar-refractivity contribution in [1.29, 1.82) is 0 Å². The van der Waals surface area contributed by atoms with Crippen molar-refractivity contribution >= 4 is 26.6 Å². The first kappa shape index (κ1) is 17.0. The van der Waals surface area contributed by atoms with Crippen LogP contribution in [-0.4, -0.2) is 43.9 Å². The number of aryl methyl sites for hydroxylation is 1. The van der Waals surface area contributed by atoms with Gasteiger partial charge in [0.2, 0.25) is 10.0 Å². The molecule has 1 aliphatic rings. The molecule has 2 heterocycles. The molecule has 0 atom stereocenters. The first-order chi connectivity index (χ1) is 12.6. The van der Waals surface area contributed by atoms with Crippen LogP contribution in [0, 0.1) is 6.92 Å². The SMILES string of the molecule is Cc1cccc(S(=O)(=O)N2CCN(c3cccc4cccnc34)CC2)c1. The highest BCUT2D eigenvalue weighted by Crippen LogP contribution is 2.27. The van der Waals surface area contributed by atoms with Crippen molar-refractivity contribution in [2.45, 2.75) is 11.8 Å². The van der Waals surface area contributed by atoms with E-state index in [0.717, 1.165) is 22.2 Å². The zero-order chi connectivity index (χ0) is 18.1. The lowest BCUT2D eigenvalue weighted by Gasteiger charge is -2.35. The smallest absolute Gasteiger partial charge is 0.243 e. The molecule has 1 aromatic heterocycles. The monoisotopic (exact) mass is 367 g/mol. The first-order valence-electron chi connectivity index (χ1n) is 8.71. The van der Waals surface area contributed by atoms with Crippen LogP contribution in [0.15, 0.2) is 65.7 Å². The zero-order valence-electron chi connectivity index (χ0n) is 14.7. The highest BCUT2D eigenvalue weighted by molar-refractivity contribution is 7.89. The minimum atomic E-state index is -3.44. The van der Waals surface area contributed by atoms with E-state index in [4.69, 9.17) is 0 Å². The summed E-state index contributed by atoms with van der Waals surface area (Å²) in [5, 5.41) is 1.10. The topological polar surface area (TPSA) is 53.5 Å². The molecule has 5 nitrogen and oxygen atoms in total. The number of sulfonamides is 1. The fourth-order valence-electron chi connectivity index (χ4n) is 3.44. The maximum atomic E-state index is 12.9. The Hall–Kier alpha value is -2.44. The number of rotatable bonds is 3. The number of piperazine rings is 1. The number of nitrogens with zero attached hydrogens (tertiary/aromatic N) is 3. The molecule has 0 amide bonds. The van der Waals surface area contributed by atoms with Gasteiger partial charge >= 0.3 is 0 Å². The molecule has 0 bridgehead atoms. The van der Waals surface area contributed by atoms with Gasteiger partial charge in [-0.2, -0.15) is 4.31 Å². The van der Waals surface area contributed by atoms with Crippen LogP contribution in [-0.2, 0) is 10.0 Å². The average Bonchev–Trinajstić information content (AvgIpc) is 2.68. The number of aromatic nitrogens is 1. The molecule has 3 aromatic rings. The number of fused-ring (bicyclic) bond motifs is 1. The molecule has 1 aliphatic heterocycles. The van der Waals surface area contributed by atoms with Gasteiger partial charge < -0.3 is 4.90 Å². The maximum Gasteiger partial charge on any atom is 0.243 e. The lowest BCUT2D eigenvalue weighted by atomic mass is 10.1. The molecule has 6 heteroatoms. The Bertz CT molecular complexity index is 1040. The van der Waals surface area contributed by atoms with E-state index in [9.17, 15) is 8.42 Å². The van der Waals surface area contributed by atoms with Crippen molar-refractivity contribution in [2.24, 2.45) is 0 Å². The van der Waals surface area contributed by atoms with Crippen LogP contribution in [0.1, 0.15) is 5.56 Å². The summed E-state index contributed by atoms with van der Waals surface area (Å²) in [4.78, 5) is 7.10. The summed E-state index contributed by atoms with van der Waals surface area (Å²) in [7, 11) is -3.44. The van der Waals surface area contributed by atoms with Gasteiger partial charge in [-0.25, -0.2) is 8.42 Å². The fourth-order valence-corrected chi connectivity index (χ4v) is 4.97. The molecule has 0 spiro atoms. The largest absolute Gasteiger partial charge is 0.367 e. The summed E-state index contributed by atoms with van der Waals surface area (Å²) in [5.41, 5.74) is 2.98. The van der Waals surface area contributed by atoms with E-state index in [-0.39, 0.29) is 0 Å². The second kappa shape index (κ2) is 6.70. The number of pyridine rings is 1. The van der Waals surface area contributed by atoms with Crippen LogP contribution < -0.4 is 4.90 Å². The van der Waals surface area contributed by atoms with Gasteiger partial charge in [0, 0.05) is 37.8 Å². The Morgan fingerprint density at radius 3 is 2.42 bits per heavy atom. The summed E-state index contributed by atoms with van der Waals surface area (Å²) in [6.07, 6.45) is 1.80. The quantitative estimate of drug-likeness (QED) is 0.714. The highest BCUT2D eigenvalue weighted by atomic mass is 32.2. The van der Waals surface area contributed by atoms with Crippen LogP contribution >= 0.6 is 0 Å². The molecule has 0 unspecified atom stereocenters. The van der Waals surface area contributed by atoms with Gasteiger partial charge in [0.1, 0.15) is 0 Å². The van der Waals surface area contributed by atoms with E-state index < -0.39 is 10.0 Å². The third kappa shape index (κ3) is 3.06. The van der Waals surface area contributed by atoms with Crippen molar-refractivity contribution in [3.8, 4) is 0 Å². The van der Waals surface area contributed by atoms with E-state index in [1.165, 1.54) is 0 Å². The van der Waals surface area contributed by atoms with Crippen LogP contribution in [0.3, 0.4) is 0 Å². The normalized spacial score (nSPS) is 16.1. The van der Waals surface area contributed by atoms with Crippen LogP contribution in [0.4, 0.5) is 5.69 Å². The number of anilines is 1. The van der Waals surface area contributed by atoms with E-state index in [2.05, 4.69) is 16.0 Å². The van der Waals surface area contributed by atoms with Gasteiger partial charge in [-0.3, -0.25) is 4.98 Å². The number of para-hydroxylation sites is 1. The summed E-state index contributed by atoms with van der Waals surface area (Å²) in [6, 6.07) is 17.2. The molecular weight excluding hydrogens is 346 g/mol. The Kier molecular flexibility index (Phi) is 4.38. The maximum absolute atomic E-state index is 12.9. The molecule has 0 saturated carbocycles. The molecule has 2 aromatic carbocycles. The van der Waals surface area contributed by atoms with Gasteiger partial charge in [-0.1, -0.05) is 30.3 Å². The number of hydrogen-bond acceptors (Lipinski definition) is 4. The van der Waals surface area contributed by atoms with Crippen LogP contribution in [0.5, 0.6) is 0 Å². The standard InChI is InChI=1S/C20H21N3O2S/c1-16-5-2-8-18(15-16)26(24,25)23-13-11-22(12-14-23)19-9-3-6-17-7-4-10-21-20(17)19/h2-10,15H,11-14H2,1H3. The molecule has 1 fully saturated rings. The third-order valence-electron chi connectivity index (χ3n) is 4.82. The van der Waals surface area contributed by atoms with Crippen molar-refractivity contribution < 1.29 is 8.42 Å². The van der Waals surface area contributed by atoms with Crippen molar-refractivity contribution in [3.05, 3.63) is 66.4 Å². The molecule has 1 saturated heterocycles. The highest BCUT2D eigenvalue weighted by Gasteiger charge is 2.29. The van der Waals surface area contributed by atoms with Gasteiger partial charge in [-0.15, -0.1) is 0 Å². The van der Waals surface area contributed by atoms with Gasteiger partial charge in [-0.05, 0) is 36.8 Å². The van der Waals surface area contributed by atoms with E-state index >= 15 is 0 Å². The fraction of sp³-hybridized carbons (Fsp3) is 0.250. The Labute approximate surface area is 153 Å². The second-order valence-corrected chi connectivity index (χ2v) is 8.50. The predicted molar refractivity (Wildman–Crippen MR) is 104 cm³/mol.